The Hall–Kier alpha value is -3.35. The molecule has 0 aliphatic carbocycles. The molecule has 0 fully saturated rings. The lowest BCUT2D eigenvalue weighted by Gasteiger charge is -2.11. The number of hydrogen-bond donors (Lipinski definition) is 4. The highest BCUT2D eigenvalue weighted by Crippen LogP contribution is 2.29. The number of benzene rings is 2. The van der Waals surface area contributed by atoms with Crippen molar-refractivity contribution in [3.05, 3.63) is 47.5 Å². The lowest BCUT2D eigenvalue weighted by molar-refractivity contribution is -0.117. The third-order valence-electron chi connectivity index (χ3n) is 4.00. The summed E-state index contributed by atoms with van der Waals surface area (Å²) in [6, 6.07) is 8.29. The van der Waals surface area contributed by atoms with E-state index in [1.807, 2.05) is 13.8 Å². The van der Waals surface area contributed by atoms with Gasteiger partial charge in [-0.05, 0) is 49.2 Å². The van der Waals surface area contributed by atoms with Gasteiger partial charge < -0.3 is 20.8 Å². The van der Waals surface area contributed by atoms with Crippen molar-refractivity contribution in [3.63, 3.8) is 0 Å². The van der Waals surface area contributed by atoms with Crippen LogP contribution in [0, 0.1) is 0 Å². The van der Waals surface area contributed by atoms with E-state index in [1.165, 1.54) is 36.4 Å². The van der Waals surface area contributed by atoms with Crippen LogP contribution in [0.5, 0.6) is 11.5 Å². The van der Waals surface area contributed by atoms with Crippen LogP contribution in [0.4, 0.5) is 11.4 Å². The summed E-state index contributed by atoms with van der Waals surface area (Å²) in [4.78, 5) is 36.4. The molecular weight excluding hydrogens is 360 g/mol. The van der Waals surface area contributed by atoms with Gasteiger partial charge in [-0.25, -0.2) is 0 Å². The van der Waals surface area contributed by atoms with E-state index >= 15 is 0 Å². The monoisotopic (exact) mass is 384 g/mol. The number of aromatic hydroxyl groups is 2. The van der Waals surface area contributed by atoms with Crippen LogP contribution in [0.15, 0.2) is 36.4 Å². The quantitative estimate of drug-likeness (QED) is 0.408. The van der Waals surface area contributed by atoms with E-state index < -0.39 is 5.78 Å². The van der Waals surface area contributed by atoms with E-state index in [0.717, 1.165) is 0 Å². The van der Waals surface area contributed by atoms with Gasteiger partial charge in [0, 0.05) is 24.2 Å². The summed E-state index contributed by atoms with van der Waals surface area (Å²) in [5, 5.41) is 25.5. The van der Waals surface area contributed by atoms with Crippen LogP contribution in [0.1, 0.15) is 55.5 Å². The topological polar surface area (TPSA) is 116 Å². The van der Waals surface area contributed by atoms with Crippen molar-refractivity contribution in [2.45, 2.75) is 39.5 Å². The number of hydrogen-bond acceptors (Lipinski definition) is 5. The molecule has 0 saturated carbocycles. The van der Waals surface area contributed by atoms with Crippen molar-refractivity contribution < 1.29 is 24.6 Å². The van der Waals surface area contributed by atoms with Gasteiger partial charge in [-0.15, -0.1) is 0 Å². The summed E-state index contributed by atoms with van der Waals surface area (Å²) >= 11 is 0. The van der Waals surface area contributed by atoms with E-state index in [0.29, 0.717) is 37.1 Å². The van der Waals surface area contributed by atoms with Gasteiger partial charge in [0.15, 0.2) is 0 Å². The van der Waals surface area contributed by atoms with Crippen LogP contribution < -0.4 is 10.6 Å². The smallest absolute Gasteiger partial charge is 0.224 e. The molecule has 2 rings (SSSR count). The zero-order valence-electron chi connectivity index (χ0n) is 15.9. The van der Waals surface area contributed by atoms with Crippen molar-refractivity contribution in [3.8, 4) is 11.5 Å². The number of phenolic OH excluding ortho intramolecular Hbond substituents is 2. The second-order valence-corrected chi connectivity index (χ2v) is 6.39. The third kappa shape index (κ3) is 5.33. The first-order valence-corrected chi connectivity index (χ1v) is 9.16. The van der Waals surface area contributed by atoms with Gasteiger partial charge in [-0.1, -0.05) is 13.8 Å². The van der Waals surface area contributed by atoms with E-state index in [9.17, 15) is 24.6 Å². The summed E-state index contributed by atoms with van der Waals surface area (Å²) in [7, 11) is 0. The molecule has 148 valence electrons. The molecule has 28 heavy (non-hydrogen) atoms. The Morgan fingerprint density at radius 1 is 0.750 bits per heavy atom. The number of carbonyl (C=O) groups is 3. The van der Waals surface area contributed by atoms with Gasteiger partial charge >= 0.3 is 0 Å². The van der Waals surface area contributed by atoms with E-state index in [4.69, 9.17) is 0 Å². The molecule has 0 atom stereocenters. The summed E-state index contributed by atoms with van der Waals surface area (Å²) in [5.41, 5.74) is 0.598. The number of nitrogens with one attached hydrogen (secondary N) is 2. The maximum absolute atomic E-state index is 12.9. The van der Waals surface area contributed by atoms with Crippen molar-refractivity contribution >= 4 is 29.0 Å². The minimum Gasteiger partial charge on any atom is -0.507 e. The Kier molecular flexibility index (Phi) is 7.14. The van der Waals surface area contributed by atoms with Crippen LogP contribution in [0.3, 0.4) is 0 Å². The molecule has 2 aromatic carbocycles. The molecule has 2 amide bonds. The fourth-order valence-electron chi connectivity index (χ4n) is 2.64. The number of anilines is 2. The summed E-state index contributed by atoms with van der Waals surface area (Å²) in [5.74, 6) is -1.59. The highest BCUT2D eigenvalue weighted by Gasteiger charge is 2.19. The molecular formula is C21H24N2O5. The minimum atomic E-state index is -0.631. The third-order valence-corrected chi connectivity index (χ3v) is 4.00. The predicted molar refractivity (Wildman–Crippen MR) is 107 cm³/mol. The average molecular weight is 384 g/mol. The first kappa shape index (κ1) is 21.0. The molecule has 0 spiro atoms. The molecule has 4 N–H and O–H groups in total. The largest absolute Gasteiger partial charge is 0.507 e. The van der Waals surface area contributed by atoms with Gasteiger partial charge in [-0.2, -0.15) is 0 Å². The van der Waals surface area contributed by atoms with Crippen LogP contribution in [-0.2, 0) is 9.59 Å². The fraction of sp³-hybridized carbons (Fsp3) is 0.286. The molecule has 0 radical (unpaired) electrons. The number of rotatable bonds is 8. The lowest BCUT2D eigenvalue weighted by atomic mass is 10.00. The summed E-state index contributed by atoms with van der Waals surface area (Å²) in [6.45, 7) is 3.75. The van der Waals surface area contributed by atoms with Gasteiger partial charge in [-0.3, -0.25) is 14.4 Å². The molecule has 0 heterocycles. The first-order chi connectivity index (χ1) is 13.3. The van der Waals surface area contributed by atoms with Gasteiger partial charge in [0.05, 0.1) is 11.1 Å². The van der Waals surface area contributed by atoms with Crippen molar-refractivity contribution in [2.24, 2.45) is 0 Å². The maximum atomic E-state index is 12.9. The highest BCUT2D eigenvalue weighted by atomic mass is 16.3. The van der Waals surface area contributed by atoms with Crippen molar-refractivity contribution in [1.82, 2.24) is 0 Å². The van der Waals surface area contributed by atoms with Crippen LogP contribution >= 0.6 is 0 Å². The van der Waals surface area contributed by atoms with Crippen LogP contribution in [0.2, 0.25) is 0 Å². The summed E-state index contributed by atoms with van der Waals surface area (Å²) < 4.78 is 0. The Balaban J connectivity index is 2.32. The zero-order chi connectivity index (χ0) is 20.7. The highest BCUT2D eigenvalue weighted by molar-refractivity contribution is 6.13. The number of amides is 2. The predicted octanol–water partition coefficient (Wildman–Crippen LogP) is 3.81. The molecule has 0 unspecified atom stereocenters. The van der Waals surface area contributed by atoms with Crippen LogP contribution in [-0.4, -0.2) is 27.8 Å². The number of ketones is 1. The Morgan fingerprint density at radius 3 is 1.50 bits per heavy atom. The Morgan fingerprint density at radius 2 is 1.14 bits per heavy atom. The molecule has 0 aliphatic rings. The van der Waals surface area contributed by atoms with Crippen molar-refractivity contribution in [1.29, 1.82) is 0 Å². The molecule has 0 saturated heterocycles. The minimum absolute atomic E-state index is 0.0679. The Bertz CT molecular complexity index is 821. The van der Waals surface area contributed by atoms with Gasteiger partial charge in [0.1, 0.15) is 11.5 Å². The number of phenols is 2. The fourth-order valence-corrected chi connectivity index (χ4v) is 2.64. The summed E-state index contributed by atoms with van der Waals surface area (Å²) in [6.07, 6.45) is 2.04. The van der Waals surface area contributed by atoms with Gasteiger partial charge in [0.25, 0.3) is 0 Å². The first-order valence-electron chi connectivity index (χ1n) is 9.16. The van der Waals surface area contributed by atoms with Crippen LogP contribution in [0.25, 0.3) is 0 Å². The maximum Gasteiger partial charge on any atom is 0.224 e. The molecule has 0 aromatic heterocycles. The zero-order valence-corrected chi connectivity index (χ0v) is 15.9. The SMILES string of the molecule is CCCC(=O)Nc1ccc(O)c(C(=O)c2cc(NC(=O)CCC)ccc2O)c1. The molecule has 0 aliphatic heterocycles. The van der Waals surface area contributed by atoms with E-state index in [-0.39, 0.29) is 34.4 Å². The molecule has 0 bridgehead atoms. The van der Waals surface area contributed by atoms with Crippen molar-refractivity contribution in [2.75, 3.05) is 10.6 Å². The number of carbonyl (C=O) groups excluding carboxylic acids is 3. The lowest BCUT2D eigenvalue weighted by Crippen LogP contribution is -2.12. The van der Waals surface area contributed by atoms with Gasteiger partial charge in [0.2, 0.25) is 17.6 Å². The van der Waals surface area contributed by atoms with E-state index in [2.05, 4.69) is 10.6 Å². The molecule has 2 aromatic rings. The molecule has 7 heteroatoms. The van der Waals surface area contributed by atoms with E-state index in [1.54, 1.807) is 0 Å². The molecule has 7 nitrogen and oxygen atoms in total. The second kappa shape index (κ2) is 9.55. The average Bonchev–Trinajstić information content (AvgIpc) is 2.64. The normalized spacial score (nSPS) is 10.4. The Labute approximate surface area is 163 Å². The second-order valence-electron chi connectivity index (χ2n) is 6.39. The standard InChI is InChI=1S/C21H24N2O5/c1-3-5-19(26)22-13-7-9-17(24)15(11-13)21(28)16-12-14(8-10-18(16)25)23-20(27)6-4-2/h7-12,24-25H,3-6H2,1-2H3,(H,22,26)(H,23,27).